The summed E-state index contributed by atoms with van der Waals surface area (Å²) < 4.78 is 10.5. The lowest BCUT2D eigenvalue weighted by atomic mass is 11.7. The Morgan fingerprint density at radius 2 is 1.23 bits per heavy atom. The number of rotatable bonds is 6. The monoisotopic (exact) mass is 240 g/mol. The van der Waals surface area contributed by atoms with Gasteiger partial charge in [-0.15, -0.1) is 0 Å². The first kappa shape index (κ1) is 13.5. The van der Waals surface area contributed by atoms with Gasteiger partial charge in [0.1, 0.15) is 0 Å². The van der Waals surface area contributed by atoms with Crippen LogP contribution in [0.5, 0.6) is 0 Å². The fourth-order valence-corrected chi connectivity index (χ4v) is 5.53. The van der Waals surface area contributed by atoms with E-state index in [0.717, 1.165) is 0 Å². The largest absolute Gasteiger partial charge is 0.419 e. The standard InChI is InChI=1S/C6H20O4Si3/c1-11(2)9-5-13(7,8)6-10-12(3)4/h7-8,11-12H,5-6H2,1-4H3. The molecule has 0 rings (SSSR count). The van der Waals surface area contributed by atoms with Crippen LogP contribution in [0.2, 0.25) is 26.2 Å². The van der Waals surface area contributed by atoms with Crippen molar-refractivity contribution in [3.05, 3.63) is 0 Å². The summed E-state index contributed by atoms with van der Waals surface area (Å²) in [5.41, 5.74) is 0. The molecule has 0 saturated carbocycles. The van der Waals surface area contributed by atoms with Crippen molar-refractivity contribution in [3.8, 4) is 0 Å². The van der Waals surface area contributed by atoms with Gasteiger partial charge in [-0.2, -0.15) is 0 Å². The van der Waals surface area contributed by atoms with E-state index in [9.17, 15) is 9.59 Å². The Balaban J connectivity index is 3.66. The van der Waals surface area contributed by atoms with Crippen molar-refractivity contribution in [1.29, 1.82) is 0 Å². The summed E-state index contributed by atoms with van der Waals surface area (Å²) in [4.78, 5) is 19.0. The first-order chi connectivity index (χ1) is 5.83. The van der Waals surface area contributed by atoms with Gasteiger partial charge in [-0.3, -0.25) is 0 Å². The van der Waals surface area contributed by atoms with Gasteiger partial charge in [-0.25, -0.2) is 0 Å². The van der Waals surface area contributed by atoms with E-state index in [1.807, 2.05) is 26.2 Å². The summed E-state index contributed by atoms with van der Waals surface area (Å²) in [5, 5.41) is 0. The maximum atomic E-state index is 9.50. The molecule has 7 heteroatoms. The quantitative estimate of drug-likeness (QED) is 0.614. The minimum Gasteiger partial charge on any atom is -0.419 e. The van der Waals surface area contributed by atoms with Gasteiger partial charge in [0.2, 0.25) is 0 Å². The molecule has 0 amide bonds. The lowest BCUT2D eigenvalue weighted by Gasteiger charge is -2.20. The first-order valence-corrected chi connectivity index (χ1v) is 12.4. The highest BCUT2D eigenvalue weighted by Gasteiger charge is 2.30. The predicted octanol–water partition coefficient (Wildman–Crippen LogP) is -0.508. The van der Waals surface area contributed by atoms with E-state index in [1.54, 1.807) is 0 Å². The van der Waals surface area contributed by atoms with Crippen LogP contribution in [0.4, 0.5) is 0 Å². The third kappa shape index (κ3) is 8.81. The van der Waals surface area contributed by atoms with Gasteiger partial charge in [0, 0.05) is 0 Å². The van der Waals surface area contributed by atoms with Crippen molar-refractivity contribution in [2.24, 2.45) is 0 Å². The fraction of sp³-hybridized carbons (Fsp3) is 1.00. The second kappa shape index (κ2) is 6.06. The fourth-order valence-electron chi connectivity index (χ4n) is 0.642. The maximum Gasteiger partial charge on any atom is 0.383 e. The molecule has 0 aromatic heterocycles. The van der Waals surface area contributed by atoms with Crippen LogP contribution in [-0.2, 0) is 8.85 Å². The molecular formula is C6H20O4Si3. The van der Waals surface area contributed by atoms with Crippen LogP contribution in [0.3, 0.4) is 0 Å². The van der Waals surface area contributed by atoms with Crippen molar-refractivity contribution < 1.29 is 18.4 Å². The van der Waals surface area contributed by atoms with Gasteiger partial charge in [0.15, 0.2) is 18.1 Å². The van der Waals surface area contributed by atoms with E-state index in [0.29, 0.717) is 0 Å². The van der Waals surface area contributed by atoms with Crippen LogP contribution in [0.1, 0.15) is 0 Å². The average Bonchev–Trinajstić information content (AvgIpc) is 1.98. The molecule has 0 unspecified atom stereocenters. The van der Waals surface area contributed by atoms with Crippen molar-refractivity contribution >= 4 is 26.6 Å². The minimum absolute atomic E-state index is 0.0952. The Bertz CT molecular complexity index is 126. The smallest absolute Gasteiger partial charge is 0.383 e. The van der Waals surface area contributed by atoms with Crippen LogP contribution in [0.25, 0.3) is 0 Å². The van der Waals surface area contributed by atoms with Crippen molar-refractivity contribution in [2.75, 3.05) is 12.5 Å². The topological polar surface area (TPSA) is 58.9 Å². The minimum atomic E-state index is -3.20. The van der Waals surface area contributed by atoms with E-state index in [-0.39, 0.29) is 12.5 Å². The Kier molecular flexibility index (Phi) is 6.29. The summed E-state index contributed by atoms with van der Waals surface area (Å²) in [6, 6.07) is 0. The molecule has 0 atom stereocenters. The highest BCUT2D eigenvalue weighted by Crippen LogP contribution is 1.98. The van der Waals surface area contributed by atoms with Crippen LogP contribution < -0.4 is 0 Å². The zero-order chi connectivity index (χ0) is 10.5. The van der Waals surface area contributed by atoms with E-state index in [4.69, 9.17) is 8.85 Å². The Labute approximate surface area is 84.2 Å². The highest BCUT2D eigenvalue weighted by atomic mass is 28.4. The highest BCUT2D eigenvalue weighted by molar-refractivity contribution is 6.66. The van der Waals surface area contributed by atoms with Gasteiger partial charge >= 0.3 is 8.56 Å². The summed E-state index contributed by atoms with van der Waals surface area (Å²) in [6.45, 7) is 8.01. The molecule has 0 radical (unpaired) electrons. The Morgan fingerprint density at radius 1 is 0.923 bits per heavy atom. The lowest BCUT2D eigenvalue weighted by Crippen LogP contribution is -2.48. The third-order valence-electron chi connectivity index (χ3n) is 1.30. The second-order valence-corrected chi connectivity index (χ2v) is 11.1. The Morgan fingerprint density at radius 3 is 1.46 bits per heavy atom. The van der Waals surface area contributed by atoms with Gasteiger partial charge in [0.25, 0.3) is 0 Å². The molecule has 0 aliphatic rings. The van der Waals surface area contributed by atoms with E-state index >= 15 is 0 Å². The predicted molar refractivity (Wildman–Crippen MR) is 59.8 cm³/mol. The molecular weight excluding hydrogens is 220 g/mol. The van der Waals surface area contributed by atoms with E-state index in [1.165, 1.54) is 0 Å². The molecule has 0 aliphatic heterocycles. The summed E-state index contributed by atoms with van der Waals surface area (Å²) in [7, 11) is -5.50. The van der Waals surface area contributed by atoms with E-state index < -0.39 is 26.6 Å². The molecule has 0 aromatic rings. The molecule has 0 heterocycles. The number of hydrogen-bond donors (Lipinski definition) is 2. The van der Waals surface area contributed by atoms with Crippen molar-refractivity contribution in [3.63, 3.8) is 0 Å². The molecule has 2 N–H and O–H groups in total. The molecule has 4 nitrogen and oxygen atoms in total. The first-order valence-electron chi connectivity index (χ1n) is 4.51. The molecule has 0 bridgehead atoms. The van der Waals surface area contributed by atoms with Crippen LogP contribution in [-0.4, -0.2) is 48.7 Å². The van der Waals surface area contributed by atoms with Gasteiger partial charge in [-0.05, 0) is 26.2 Å². The number of hydrogen-bond acceptors (Lipinski definition) is 4. The average molecular weight is 240 g/mol. The maximum absolute atomic E-state index is 9.50. The van der Waals surface area contributed by atoms with Gasteiger partial charge in [0.05, 0.1) is 12.5 Å². The van der Waals surface area contributed by atoms with Crippen LogP contribution >= 0.6 is 0 Å². The van der Waals surface area contributed by atoms with Gasteiger partial charge < -0.3 is 18.4 Å². The summed E-state index contributed by atoms with van der Waals surface area (Å²) in [6.07, 6.45) is 0.190. The van der Waals surface area contributed by atoms with E-state index in [2.05, 4.69) is 0 Å². The van der Waals surface area contributed by atoms with Crippen LogP contribution in [0.15, 0.2) is 0 Å². The van der Waals surface area contributed by atoms with Gasteiger partial charge in [-0.1, -0.05) is 0 Å². The van der Waals surface area contributed by atoms with Crippen LogP contribution in [0, 0.1) is 0 Å². The normalized spacial score (nSPS) is 12.9. The lowest BCUT2D eigenvalue weighted by molar-refractivity contribution is 0.237. The zero-order valence-corrected chi connectivity index (χ0v) is 12.1. The molecule has 13 heavy (non-hydrogen) atoms. The van der Waals surface area contributed by atoms with Crippen molar-refractivity contribution in [1.82, 2.24) is 0 Å². The third-order valence-corrected chi connectivity index (χ3v) is 4.89. The molecule has 80 valence electrons. The molecule has 0 aliphatic carbocycles. The zero-order valence-electron chi connectivity index (χ0n) is 8.78. The molecule has 0 spiro atoms. The molecule has 0 aromatic carbocycles. The molecule has 0 fully saturated rings. The summed E-state index contributed by atoms with van der Waals surface area (Å²) in [5.74, 6) is 0. The Hall–Kier alpha value is 0.491. The second-order valence-electron chi connectivity index (χ2n) is 3.70. The van der Waals surface area contributed by atoms with Crippen molar-refractivity contribution in [2.45, 2.75) is 26.2 Å². The summed E-state index contributed by atoms with van der Waals surface area (Å²) >= 11 is 0. The molecule has 0 saturated heterocycles. The SMILES string of the molecule is C[SiH](C)OC[Si](O)(O)CO[SiH](C)C.